The highest BCUT2D eigenvalue weighted by Gasteiger charge is 2.35. The third-order valence-corrected chi connectivity index (χ3v) is 4.68. The van der Waals surface area contributed by atoms with Crippen molar-refractivity contribution in [3.8, 4) is 5.75 Å². The van der Waals surface area contributed by atoms with Crippen LogP contribution in [0, 0.1) is 5.92 Å². The number of anilines is 2. The van der Waals surface area contributed by atoms with Crippen molar-refractivity contribution in [2.75, 3.05) is 23.9 Å². The van der Waals surface area contributed by atoms with E-state index in [0.717, 1.165) is 10.2 Å². The topological polar surface area (TPSA) is 58.6 Å². The second kappa shape index (κ2) is 7.05. The van der Waals surface area contributed by atoms with Gasteiger partial charge in [0, 0.05) is 29.2 Å². The Labute approximate surface area is 148 Å². The van der Waals surface area contributed by atoms with Gasteiger partial charge in [0.1, 0.15) is 5.75 Å². The number of carbonyl (C=O) groups is 2. The van der Waals surface area contributed by atoms with Gasteiger partial charge < -0.3 is 15.0 Å². The van der Waals surface area contributed by atoms with E-state index in [0.29, 0.717) is 18.0 Å². The molecule has 0 aromatic heterocycles. The van der Waals surface area contributed by atoms with E-state index in [1.54, 1.807) is 18.1 Å². The van der Waals surface area contributed by atoms with Gasteiger partial charge >= 0.3 is 0 Å². The summed E-state index contributed by atoms with van der Waals surface area (Å²) < 4.78 is 6.01. The van der Waals surface area contributed by atoms with Crippen LogP contribution in [0.2, 0.25) is 0 Å². The van der Waals surface area contributed by atoms with Crippen molar-refractivity contribution < 1.29 is 14.3 Å². The van der Waals surface area contributed by atoms with Crippen LogP contribution in [-0.2, 0) is 9.59 Å². The zero-order chi connectivity index (χ0) is 17.1. The van der Waals surface area contributed by atoms with E-state index >= 15 is 0 Å². The number of benzene rings is 2. The second-order valence-corrected chi connectivity index (χ2v) is 6.43. The summed E-state index contributed by atoms with van der Waals surface area (Å²) in [5.41, 5.74) is 1.45. The van der Waals surface area contributed by atoms with E-state index < -0.39 is 0 Å². The van der Waals surface area contributed by atoms with Crippen molar-refractivity contribution >= 4 is 39.1 Å². The predicted molar refractivity (Wildman–Crippen MR) is 96.2 cm³/mol. The first-order chi connectivity index (χ1) is 11.6. The van der Waals surface area contributed by atoms with E-state index in [4.69, 9.17) is 4.74 Å². The number of hydrogen-bond donors (Lipinski definition) is 1. The van der Waals surface area contributed by atoms with Gasteiger partial charge in [-0.05, 0) is 40.2 Å². The molecule has 1 aliphatic heterocycles. The van der Waals surface area contributed by atoms with Gasteiger partial charge in [0.25, 0.3) is 0 Å². The van der Waals surface area contributed by atoms with Gasteiger partial charge in [-0.15, -0.1) is 0 Å². The Hall–Kier alpha value is -2.34. The Morgan fingerprint density at radius 2 is 2.04 bits per heavy atom. The molecule has 0 aliphatic carbocycles. The average Bonchev–Trinajstić information content (AvgIpc) is 2.99. The molecule has 1 fully saturated rings. The zero-order valence-electron chi connectivity index (χ0n) is 13.2. The van der Waals surface area contributed by atoms with Crippen LogP contribution in [0.1, 0.15) is 6.42 Å². The van der Waals surface area contributed by atoms with E-state index in [1.807, 2.05) is 42.5 Å². The molecule has 1 aliphatic rings. The van der Waals surface area contributed by atoms with Crippen LogP contribution in [-0.4, -0.2) is 25.5 Å². The molecule has 124 valence electrons. The smallest absolute Gasteiger partial charge is 0.229 e. The van der Waals surface area contributed by atoms with Gasteiger partial charge in [-0.3, -0.25) is 9.59 Å². The number of carbonyl (C=O) groups excluding carboxylic acids is 2. The van der Waals surface area contributed by atoms with Gasteiger partial charge in [0.2, 0.25) is 11.8 Å². The number of ether oxygens (including phenoxy) is 1. The highest BCUT2D eigenvalue weighted by Crippen LogP contribution is 2.29. The summed E-state index contributed by atoms with van der Waals surface area (Å²) in [6.45, 7) is 0.363. The predicted octanol–water partition coefficient (Wildman–Crippen LogP) is 3.45. The molecule has 1 saturated heterocycles. The van der Waals surface area contributed by atoms with Crippen LogP contribution in [0.25, 0.3) is 0 Å². The number of methoxy groups -OCH3 is 1. The van der Waals surface area contributed by atoms with Crippen LogP contribution in [0.5, 0.6) is 5.75 Å². The van der Waals surface area contributed by atoms with Gasteiger partial charge in [-0.1, -0.05) is 18.2 Å². The first-order valence-corrected chi connectivity index (χ1v) is 8.37. The first-order valence-electron chi connectivity index (χ1n) is 7.58. The SMILES string of the molecule is COc1cccc(N2CC(C(=O)Nc3ccccc3Br)CC2=O)c1. The largest absolute Gasteiger partial charge is 0.497 e. The number of nitrogens with one attached hydrogen (secondary N) is 1. The minimum Gasteiger partial charge on any atom is -0.497 e. The van der Waals surface area contributed by atoms with Crippen molar-refractivity contribution in [2.24, 2.45) is 5.92 Å². The van der Waals surface area contributed by atoms with Gasteiger partial charge in [-0.2, -0.15) is 0 Å². The number of amides is 2. The van der Waals surface area contributed by atoms with Crippen molar-refractivity contribution in [3.63, 3.8) is 0 Å². The van der Waals surface area contributed by atoms with Crippen LogP contribution in [0.15, 0.2) is 53.0 Å². The minimum atomic E-state index is -0.379. The molecule has 1 N–H and O–H groups in total. The lowest BCUT2D eigenvalue weighted by atomic mass is 10.1. The average molecular weight is 389 g/mol. The molecule has 0 spiro atoms. The first kappa shape index (κ1) is 16.5. The van der Waals surface area contributed by atoms with Crippen LogP contribution >= 0.6 is 15.9 Å². The molecular weight excluding hydrogens is 372 g/mol. The molecule has 1 unspecified atom stereocenters. The Bertz CT molecular complexity index is 778. The van der Waals surface area contributed by atoms with Crippen molar-refractivity contribution in [3.05, 3.63) is 53.0 Å². The van der Waals surface area contributed by atoms with Crippen molar-refractivity contribution in [1.29, 1.82) is 0 Å². The number of para-hydroxylation sites is 1. The number of halogens is 1. The van der Waals surface area contributed by atoms with E-state index in [2.05, 4.69) is 21.2 Å². The maximum atomic E-state index is 12.5. The lowest BCUT2D eigenvalue weighted by Crippen LogP contribution is -2.28. The quantitative estimate of drug-likeness (QED) is 0.872. The summed E-state index contributed by atoms with van der Waals surface area (Å²) in [6, 6.07) is 14.7. The third kappa shape index (κ3) is 3.43. The van der Waals surface area contributed by atoms with Crippen LogP contribution in [0.3, 0.4) is 0 Å². The Morgan fingerprint density at radius 1 is 1.25 bits per heavy atom. The normalized spacial score (nSPS) is 17.0. The molecule has 0 radical (unpaired) electrons. The minimum absolute atomic E-state index is 0.0597. The molecule has 1 heterocycles. The summed E-state index contributed by atoms with van der Waals surface area (Å²) >= 11 is 3.40. The molecule has 0 saturated carbocycles. The highest BCUT2D eigenvalue weighted by molar-refractivity contribution is 9.10. The molecular formula is C18H17BrN2O3. The van der Waals surface area contributed by atoms with Gasteiger partial charge in [0.15, 0.2) is 0 Å². The lowest BCUT2D eigenvalue weighted by molar-refractivity contribution is -0.122. The van der Waals surface area contributed by atoms with Gasteiger partial charge in [-0.25, -0.2) is 0 Å². The van der Waals surface area contributed by atoms with Crippen LogP contribution in [0.4, 0.5) is 11.4 Å². The zero-order valence-corrected chi connectivity index (χ0v) is 14.7. The summed E-state index contributed by atoms with van der Waals surface area (Å²) in [6.07, 6.45) is 0.202. The molecule has 5 nitrogen and oxygen atoms in total. The van der Waals surface area contributed by atoms with E-state index in [9.17, 15) is 9.59 Å². The fraction of sp³-hybridized carbons (Fsp3) is 0.222. The summed E-state index contributed by atoms with van der Waals surface area (Å²) in [4.78, 5) is 26.4. The molecule has 0 bridgehead atoms. The maximum Gasteiger partial charge on any atom is 0.229 e. The Morgan fingerprint density at radius 3 is 2.79 bits per heavy atom. The molecule has 3 rings (SSSR count). The Kier molecular flexibility index (Phi) is 4.85. The van der Waals surface area contributed by atoms with Crippen LogP contribution < -0.4 is 15.0 Å². The third-order valence-electron chi connectivity index (χ3n) is 3.99. The van der Waals surface area contributed by atoms with Crippen molar-refractivity contribution in [2.45, 2.75) is 6.42 Å². The number of rotatable bonds is 4. The second-order valence-electron chi connectivity index (χ2n) is 5.58. The maximum absolute atomic E-state index is 12.5. The molecule has 1 atom stereocenters. The Balaban J connectivity index is 1.72. The van der Waals surface area contributed by atoms with Crippen molar-refractivity contribution in [1.82, 2.24) is 0 Å². The molecule has 6 heteroatoms. The lowest BCUT2D eigenvalue weighted by Gasteiger charge is -2.17. The summed E-state index contributed by atoms with van der Waals surface area (Å²) in [5.74, 6) is 0.0911. The summed E-state index contributed by atoms with van der Waals surface area (Å²) in [7, 11) is 1.58. The molecule has 24 heavy (non-hydrogen) atoms. The van der Waals surface area contributed by atoms with E-state index in [-0.39, 0.29) is 24.2 Å². The summed E-state index contributed by atoms with van der Waals surface area (Å²) in [5, 5.41) is 2.88. The van der Waals surface area contributed by atoms with E-state index in [1.165, 1.54) is 0 Å². The highest BCUT2D eigenvalue weighted by atomic mass is 79.9. The monoisotopic (exact) mass is 388 g/mol. The van der Waals surface area contributed by atoms with Gasteiger partial charge in [0.05, 0.1) is 18.7 Å². The standard InChI is InChI=1S/C18H17BrN2O3/c1-24-14-6-4-5-13(10-14)21-11-12(9-17(21)22)18(23)20-16-8-3-2-7-15(16)19/h2-8,10,12H,9,11H2,1H3,(H,20,23). The number of hydrogen-bond acceptors (Lipinski definition) is 3. The molecule has 2 amide bonds. The fourth-order valence-electron chi connectivity index (χ4n) is 2.71. The molecule has 2 aromatic carbocycles. The number of nitrogens with zero attached hydrogens (tertiary/aromatic N) is 1. The molecule has 2 aromatic rings. The fourth-order valence-corrected chi connectivity index (χ4v) is 3.09.